The normalized spacial score (nSPS) is 19.5. The number of nitrogens with zero attached hydrogens (tertiary/aromatic N) is 3. The van der Waals surface area contributed by atoms with E-state index in [0.717, 1.165) is 58.1 Å². The molecule has 3 rings (SSSR count). The predicted octanol–water partition coefficient (Wildman–Crippen LogP) is 4.06. The third kappa shape index (κ3) is 6.48. The van der Waals surface area contributed by atoms with Crippen molar-refractivity contribution in [2.24, 2.45) is 5.92 Å². The fraction of sp³-hybridized carbons (Fsp3) is 0.696. The van der Waals surface area contributed by atoms with E-state index in [0.29, 0.717) is 36.0 Å². The summed E-state index contributed by atoms with van der Waals surface area (Å²) in [5, 5.41) is 2.80. The SMILES string of the molecule is CCOC(=O)Nc1ccc(OC)nc1N1CCCC(CCN(C=O)C2CCCCC2)C1. The van der Waals surface area contributed by atoms with Gasteiger partial charge in [-0.05, 0) is 51.0 Å². The minimum atomic E-state index is -0.488. The van der Waals surface area contributed by atoms with E-state index in [9.17, 15) is 9.59 Å². The van der Waals surface area contributed by atoms with Gasteiger partial charge in [-0.3, -0.25) is 10.1 Å². The molecule has 1 saturated carbocycles. The number of hydrogen-bond donors (Lipinski definition) is 1. The second-order valence-corrected chi connectivity index (χ2v) is 8.45. The molecule has 1 N–H and O–H groups in total. The Labute approximate surface area is 185 Å². The molecular weight excluding hydrogens is 396 g/mol. The molecule has 2 aliphatic rings. The van der Waals surface area contributed by atoms with Crippen LogP contribution >= 0.6 is 0 Å². The zero-order valence-corrected chi connectivity index (χ0v) is 18.8. The van der Waals surface area contributed by atoms with Crippen LogP contribution in [0.1, 0.15) is 58.3 Å². The quantitative estimate of drug-likeness (QED) is 0.593. The van der Waals surface area contributed by atoms with Crippen LogP contribution in [0.2, 0.25) is 0 Å². The minimum Gasteiger partial charge on any atom is -0.481 e. The maximum Gasteiger partial charge on any atom is 0.411 e. The lowest BCUT2D eigenvalue weighted by Crippen LogP contribution is -2.40. The Kier molecular flexibility index (Phi) is 8.79. The molecule has 1 aromatic rings. The minimum absolute atomic E-state index is 0.310. The van der Waals surface area contributed by atoms with Gasteiger partial charge in [0.05, 0.1) is 19.4 Å². The van der Waals surface area contributed by atoms with Gasteiger partial charge in [0.25, 0.3) is 0 Å². The summed E-state index contributed by atoms with van der Waals surface area (Å²) < 4.78 is 10.3. The van der Waals surface area contributed by atoms with E-state index in [1.807, 2.05) is 4.90 Å². The van der Waals surface area contributed by atoms with Crippen molar-refractivity contribution in [1.29, 1.82) is 0 Å². The second-order valence-electron chi connectivity index (χ2n) is 8.45. The number of piperidine rings is 1. The maximum absolute atomic E-state index is 12.0. The molecule has 1 aromatic heterocycles. The first kappa shape index (κ1) is 23.2. The standard InChI is InChI=1S/C23H36N4O4/c1-3-31-23(29)24-20-11-12-21(30-2)25-22(20)26-14-7-8-18(16-26)13-15-27(17-28)19-9-5-4-6-10-19/h11-12,17-19H,3-10,13-16H2,1-2H3,(H,24,29). The number of methoxy groups -OCH3 is 1. The first-order chi connectivity index (χ1) is 15.1. The average Bonchev–Trinajstić information content (AvgIpc) is 2.81. The lowest BCUT2D eigenvalue weighted by atomic mass is 9.92. The van der Waals surface area contributed by atoms with Crippen molar-refractivity contribution >= 4 is 24.0 Å². The van der Waals surface area contributed by atoms with Gasteiger partial charge in [-0.2, -0.15) is 4.98 Å². The maximum atomic E-state index is 12.0. The van der Waals surface area contributed by atoms with Gasteiger partial charge in [0.15, 0.2) is 5.82 Å². The second kappa shape index (κ2) is 11.8. The average molecular weight is 433 g/mol. The number of ether oxygens (including phenoxy) is 2. The lowest BCUT2D eigenvalue weighted by Gasteiger charge is -2.36. The van der Waals surface area contributed by atoms with Crippen LogP contribution in [0.15, 0.2) is 12.1 Å². The molecule has 31 heavy (non-hydrogen) atoms. The lowest BCUT2D eigenvalue weighted by molar-refractivity contribution is -0.121. The largest absolute Gasteiger partial charge is 0.481 e. The summed E-state index contributed by atoms with van der Waals surface area (Å²) >= 11 is 0. The highest BCUT2D eigenvalue weighted by atomic mass is 16.5. The molecule has 1 atom stereocenters. The van der Waals surface area contributed by atoms with E-state index < -0.39 is 6.09 Å². The van der Waals surface area contributed by atoms with Gasteiger partial charge in [0.2, 0.25) is 12.3 Å². The number of hydrogen-bond acceptors (Lipinski definition) is 6. The molecule has 0 aromatic carbocycles. The van der Waals surface area contributed by atoms with Crippen LogP contribution in [0.5, 0.6) is 5.88 Å². The Bertz CT molecular complexity index is 724. The van der Waals surface area contributed by atoms with Crippen LogP contribution in [0.4, 0.5) is 16.3 Å². The number of rotatable bonds is 9. The summed E-state index contributed by atoms with van der Waals surface area (Å²) in [4.78, 5) is 32.5. The number of nitrogens with one attached hydrogen (secondary N) is 1. The van der Waals surface area contributed by atoms with Gasteiger partial charge in [-0.15, -0.1) is 0 Å². The van der Waals surface area contributed by atoms with Crippen molar-refractivity contribution in [2.75, 3.05) is 43.6 Å². The summed E-state index contributed by atoms with van der Waals surface area (Å²) in [5.41, 5.74) is 0.622. The fourth-order valence-electron chi connectivity index (χ4n) is 4.72. The van der Waals surface area contributed by atoms with Crippen molar-refractivity contribution in [1.82, 2.24) is 9.88 Å². The van der Waals surface area contributed by atoms with Gasteiger partial charge >= 0.3 is 6.09 Å². The van der Waals surface area contributed by atoms with Gasteiger partial charge in [-0.25, -0.2) is 4.79 Å². The molecule has 2 amide bonds. The molecule has 0 spiro atoms. The summed E-state index contributed by atoms with van der Waals surface area (Å²) in [5.74, 6) is 1.69. The number of amides is 2. The van der Waals surface area contributed by atoms with Crippen LogP contribution in [0.25, 0.3) is 0 Å². The van der Waals surface area contributed by atoms with Crippen LogP contribution in [-0.4, -0.2) is 61.8 Å². The molecule has 1 aliphatic carbocycles. The molecule has 0 bridgehead atoms. The van der Waals surface area contributed by atoms with Crippen molar-refractivity contribution < 1.29 is 19.1 Å². The Hall–Kier alpha value is -2.51. The van der Waals surface area contributed by atoms with Crippen LogP contribution in [0.3, 0.4) is 0 Å². The molecule has 0 radical (unpaired) electrons. The first-order valence-electron chi connectivity index (χ1n) is 11.6. The summed E-state index contributed by atoms with van der Waals surface area (Å²) in [6.45, 7) is 4.61. The third-order valence-corrected chi connectivity index (χ3v) is 6.36. The van der Waals surface area contributed by atoms with E-state index in [1.165, 1.54) is 19.3 Å². The van der Waals surface area contributed by atoms with Crippen LogP contribution in [0, 0.1) is 5.92 Å². The molecule has 8 heteroatoms. The highest BCUT2D eigenvalue weighted by molar-refractivity contribution is 5.88. The summed E-state index contributed by atoms with van der Waals surface area (Å²) in [6, 6.07) is 3.95. The monoisotopic (exact) mass is 432 g/mol. The van der Waals surface area contributed by atoms with Crippen LogP contribution < -0.4 is 15.0 Å². The zero-order valence-electron chi connectivity index (χ0n) is 18.8. The van der Waals surface area contributed by atoms with E-state index in [4.69, 9.17) is 9.47 Å². The summed E-state index contributed by atoms with van der Waals surface area (Å²) in [6.07, 6.45) is 9.73. The van der Waals surface area contributed by atoms with Crippen molar-refractivity contribution in [3.05, 3.63) is 12.1 Å². The number of anilines is 2. The van der Waals surface area contributed by atoms with Gasteiger partial charge in [-0.1, -0.05) is 19.3 Å². The molecule has 1 aliphatic heterocycles. The number of carbonyl (C=O) groups excluding carboxylic acids is 2. The third-order valence-electron chi connectivity index (χ3n) is 6.36. The van der Waals surface area contributed by atoms with Crippen molar-refractivity contribution in [3.8, 4) is 5.88 Å². The number of carbonyl (C=O) groups is 2. The van der Waals surface area contributed by atoms with E-state index >= 15 is 0 Å². The van der Waals surface area contributed by atoms with Crippen molar-refractivity contribution in [2.45, 2.75) is 64.3 Å². The predicted molar refractivity (Wildman–Crippen MR) is 121 cm³/mol. The fourth-order valence-corrected chi connectivity index (χ4v) is 4.72. The molecule has 1 saturated heterocycles. The summed E-state index contributed by atoms with van der Waals surface area (Å²) in [7, 11) is 1.59. The van der Waals surface area contributed by atoms with E-state index in [2.05, 4.69) is 15.2 Å². The smallest absolute Gasteiger partial charge is 0.411 e. The zero-order chi connectivity index (χ0) is 22.1. The van der Waals surface area contributed by atoms with Gasteiger partial charge < -0.3 is 19.3 Å². The molecule has 8 nitrogen and oxygen atoms in total. The number of aromatic nitrogens is 1. The molecule has 172 valence electrons. The van der Waals surface area contributed by atoms with E-state index in [1.54, 1.807) is 26.2 Å². The Morgan fingerprint density at radius 1 is 1.26 bits per heavy atom. The van der Waals surface area contributed by atoms with Crippen LogP contribution in [-0.2, 0) is 9.53 Å². The molecule has 1 unspecified atom stereocenters. The van der Waals surface area contributed by atoms with Crippen molar-refractivity contribution in [3.63, 3.8) is 0 Å². The highest BCUT2D eigenvalue weighted by Crippen LogP contribution is 2.32. The highest BCUT2D eigenvalue weighted by Gasteiger charge is 2.26. The topological polar surface area (TPSA) is 84.0 Å². The Balaban J connectivity index is 1.64. The van der Waals surface area contributed by atoms with Gasteiger partial charge in [0.1, 0.15) is 0 Å². The first-order valence-corrected chi connectivity index (χ1v) is 11.6. The molecule has 2 heterocycles. The Morgan fingerprint density at radius 2 is 2.06 bits per heavy atom. The molecule has 2 fully saturated rings. The molecular formula is C23H36N4O4. The van der Waals surface area contributed by atoms with Gasteiger partial charge in [0, 0.05) is 31.7 Å². The Morgan fingerprint density at radius 3 is 2.77 bits per heavy atom. The number of pyridine rings is 1. The van der Waals surface area contributed by atoms with E-state index in [-0.39, 0.29) is 0 Å².